The van der Waals surface area contributed by atoms with Crippen molar-refractivity contribution in [3.05, 3.63) is 96.1 Å². The second-order valence-corrected chi connectivity index (χ2v) is 8.01. The van der Waals surface area contributed by atoms with Crippen molar-refractivity contribution in [2.75, 3.05) is 0 Å². The first-order valence-corrected chi connectivity index (χ1v) is 10.9. The van der Waals surface area contributed by atoms with Crippen molar-refractivity contribution in [1.29, 1.82) is 0 Å². The van der Waals surface area contributed by atoms with Crippen LogP contribution in [0.3, 0.4) is 0 Å². The molecular weight excluding hydrogens is 424 g/mol. The molecule has 2 aromatic rings. The molecule has 2 aromatic carbocycles. The van der Waals surface area contributed by atoms with E-state index in [-0.39, 0.29) is 0 Å². The average Bonchev–Trinajstić information content (AvgIpc) is 2.85. The molecule has 6 atom stereocenters. The van der Waals surface area contributed by atoms with Crippen LogP contribution in [0.1, 0.15) is 36.2 Å². The van der Waals surface area contributed by atoms with Crippen LogP contribution in [-0.2, 0) is 23.8 Å². The summed E-state index contributed by atoms with van der Waals surface area (Å²) in [7, 11) is 0. The molecule has 0 radical (unpaired) electrons. The molecule has 0 saturated heterocycles. The number of hydrogen-bond acceptors (Lipinski definition) is 7. The zero-order valence-electron chi connectivity index (χ0n) is 17.9. The van der Waals surface area contributed by atoms with Gasteiger partial charge in [0, 0.05) is 25.0 Å². The van der Waals surface area contributed by atoms with E-state index in [4.69, 9.17) is 14.2 Å². The Kier molecular flexibility index (Phi) is 7.34. The molecular formula is C26H26O7. The van der Waals surface area contributed by atoms with Gasteiger partial charge in [-0.25, -0.2) is 9.59 Å². The van der Waals surface area contributed by atoms with Gasteiger partial charge in [-0.1, -0.05) is 72.8 Å². The van der Waals surface area contributed by atoms with Crippen LogP contribution in [-0.4, -0.2) is 46.6 Å². The van der Waals surface area contributed by atoms with Crippen molar-refractivity contribution in [1.82, 2.24) is 0 Å². The van der Waals surface area contributed by atoms with Gasteiger partial charge in [0.15, 0.2) is 0 Å². The molecule has 0 saturated carbocycles. The summed E-state index contributed by atoms with van der Waals surface area (Å²) < 4.78 is 17.1. The van der Waals surface area contributed by atoms with Gasteiger partial charge >= 0.3 is 11.9 Å². The largest absolute Gasteiger partial charge is 0.456 e. The van der Waals surface area contributed by atoms with E-state index in [9.17, 15) is 19.8 Å². The molecule has 33 heavy (non-hydrogen) atoms. The molecule has 0 fully saturated rings. The fourth-order valence-corrected chi connectivity index (χ4v) is 4.03. The highest BCUT2D eigenvalue weighted by molar-refractivity contribution is 5.83. The zero-order valence-corrected chi connectivity index (χ0v) is 17.9. The van der Waals surface area contributed by atoms with E-state index in [1.54, 1.807) is 36.4 Å². The lowest BCUT2D eigenvalue weighted by molar-refractivity contribution is -0.184. The summed E-state index contributed by atoms with van der Waals surface area (Å²) in [5, 5.41) is 22.4. The molecule has 0 aliphatic carbocycles. The highest BCUT2D eigenvalue weighted by Gasteiger charge is 2.39. The Morgan fingerprint density at radius 3 is 1.45 bits per heavy atom. The smallest absolute Gasteiger partial charge is 0.330 e. The Labute approximate surface area is 191 Å². The second kappa shape index (κ2) is 10.6. The summed E-state index contributed by atoms with van der Waals surface area (Å²) in [5.41, 5.74) is 1.31. The van der Waals surface area contributed by atoms with E-state index in [2.05, 4.69) is 0 Å². The summed E-state index contributed by atoms with van der Waals surface area (Å²) in [6.07, 6.45) is 0.752. The maximum Gasteiger partial charge on any atom is 0.330 e. The van der Waals surface area contributed by atoms with Crippen LogP contribution >= 0.6 is 0 Å². The fourth-order valence-electron chi connectivity index (χ4n) is 4.03. The van der Waals surface area contributed by atoms with Gasteiger partial charge in [0.25, 0.3) is 0 Å². The van der Waals surface area contributed by atoms with Crippen molar-refractivity contribution >= 4 is 11.9 Å². The third kappa shape index (κ3) is 5.57. The lowest BCUT2D eigenvalue weighted by Crippen LogP contribution is -2.42. The van der Waals surface area contributed by atoms with Crippen molar-refractivity contribution in [2.45, 2.75) is 49.5 Å². The second-order valence-electron chi connectivity index (χ2n) is 8.01. The predicted molar refractivity (Wildman–Crippen MR) is 119 cm³/mol. The molecule has 2 heterocycles. The summed E-state index contributed by atoms with van der Waals surface area (Å²) in [6, 6.07) is 18.1. The maximum absolute atomic E-state index is 11.8. The number of hydrogen-bond donors (Lipinski definition) is 2. The monoisotopic (exact) mass is 450 g/mol. The molecule has 2 aliphatic heterocycles. The lowest BCUT2D eigenvalue weighted by atomic mass is 9.94. The normalized spacial score (nSPS) is 23.8. The van der Waals surface area contributed by atoms with Crippen molar-refractivity contribution in [2.24, 2.45) is 0 Å². The van der Waals surface area contributed by atoms with Crippen LogP contribution in [0.5, 0.6) is 0 Å². The van der Waals surface area contributed by atoms with Gasteiger partial charge in [0.05, 0.1) is 0 Å². The van der Waals surface area contributed by atoms with Crippen molar-refractivity contribution in [3.8, 4) is 0 Å². The molecule has 7 heteroatoms. The Morgan fingerprint density at radius 1 is 0.697 bits per heavy atom. The number of carbonyl (C=O) groups is 2. The first kappa shape index (κ1) is 22.9. The minimum absolute atomic E-state index is 0.336. The number of benzene rings is 2. The average molecular weight is 450 g/mol. The quantitative estimate of drug-likeness (QED) is 0.596. The van der Waals surface area contributed by atoms with Crippen LogP contribution in [0.15, 0.2) is 85.0 Å². The molecule has 7 nitrogen and oxygen atoms in total. The molecule has 172 valence electrons. The third-order valence-electron chi connectivity index (χ3n) is 5.71. The number of carbonyl (C=O) groups excluding carboxylic acids is 2. The highest BCUT2D eigenvalue weighted by atomic mass is 16.6. The van der Waals surface area contributed by atoms with E-state index in [1.807, 2.05) is 36.4 Å². The first-order valence-electron chi connectivity index (χ1n) is 10.9. The Bertz CT molecular complexity index is 920. The minimum Gasteiger partial charge on any atom is -0.456 e. The molecule has 0 aromatic heterocycles. The van der Waals surface area contributed by atoms with E-state index >= 15 is 0 Å². The zero-order chi connectivity index (χ0) is 23.2. The molecule has 6 unspecified atom stereocenters. The maximum atomic E-state index is 11.8. The topological polar surface area (TPSA) is 102 Å². The molecule has 0 bridgehead atoms. The number of cyclic esters (lactones) is 2. The van der Waals surface area contributed by atoms with Gasteiger partial charge in [-0.05, 0) is 11.1 Å². The van der Waals surface area contributed by atoms with Crippen LogP contribution < -0.4 is 0 Å². The number of ether oxygens (including phenoxy) is 3. The van der Waals surface area contributed by atoms with Gasteiger partial charge in [-0.2, -0.15) is 0 Å². The Morgan fingerprint density at radius 2 is 1.09 bits per heavy atom. The number of rotatable bonds is 8. The van der Waals surface area contributed by atoms with Crippen molar-refractivity contribution in [3.63, 3.8) is 0 Å². The number of aliphatic hydroxyl groups excluding tert-OH is 2. The summed E-state index contributed by atoms with van der Waals surface area (Å²) >= 11 is 0. The minimum atomic E-state index is -1.20. The van der Waals surface area contributed by atoms with Gasteiger partial charge in [-0.15, -0.1) is 0 Å². The molecule has 0 amide bonds. The van der Waals surface area contributed by atoms with Crippen LogP contribution in [0.4, 0.5) is 0 Å². The fraction of sp³-hybridized carbons (Fsp3) is 0.308. The van der Waals surface area contributed by atoms with E-state index < -0.39 is 48.6 Å². The van der Waals surface area contributed by atoms with E-state index in [0.29, 0.717) is 24.0 Å². The van der Waals surface area contributed by atoms with Crippen LogP contribution in [0.2, 0.25) is 0 Å². The van der Waals surface area contributed by atoms with E-state index in [0.717, 1.165) is 0 Å². The summed E-state index contributed by atoms with van der Waals surface area (Å²) in [6.45, 7) is 0. The van der Waals surface area contributed by atoms with Crippen molar-refractivity contribution < 1.29 is 34.0 Å². The van der Waals surface area contributed by atoms with Gasteiger partial charge in [0.2, 0.25) is 0 Å². The predicted octanol–water partition coefficient (Wildman–Crippen LogP) is 2.95. The Hall–Kier alpha value is -3.26. The lowest BCUT2D eigenvalue weighted by Gasteiger charge is -2.36. The van der Waals surface area contributed by atoms with Gasteiger partial charge in [-0.3, -0.25) is 0 Å². The third-order valence-corrected chi connectivity index (χ3v) is 5.71. The Balaban J connectivity index is 1.66. The molecule has 2 N–H and O–H groups in total. The SMILES string of the molecule is O=C1C=CCC(C(O)C(OC(c2ccccc2)C(O)C2CC=CC(=O)O2)c2ccccc2)O1. The van der Waals surface area contributed by atoms with Crippen LogP contribution in [0.25, 0.3) is 0 Å². The van der Waals surface area contributed by atoms with Crippen LogP contribution in [0, 0.1) is 0 Å². The van der Waals surface area contributed by atoms with Gasteiger partial charge < -0.3 is 24.4 Å². The molecule has 4 rings (SSSR count). The number of esters is 2. The highest BCUT2D eigenvalue weighted by Crippen LogP contribution is 2.36. The molecule has 0 spiro atoms. The standard InChI is InChI=1S/C26H26O7/c27-21-15-7-13-19(31-21)23(29)25(17-9-3-1-4-10-17)33-26(18-11-5-2-6-12-18)24(30)20-14-8-16-22(28)32-20/h1-12,15-16,19-20,23-26,29-30H,13-14H2. The number of aliphatic hydroxyl groups is 2. The summed E-state index contributed by atoms with van der Waals surface area (Å²) in [5.74, 6) is -1.06. The van der Waals surface area contributed by atoms with E-state index in [1.165, 1.54) is 12.2 Å². The first-order chi connectivity index (χ1) is 16.0. The van der Waals surface area contributed by atoms with Gasteiger partial charge in [0.1, 0.15) is 36.6 Å². The molecule has 2 aliphatic rings. The summed E-state index contributed by atoms with van der Waals surface area (Å²) in [4.78, 5) is 23.5.